The van der Waals surface area contributed by atoms with Crippen molar-refractivity contribution in [2.24, 2.45) is 5.41 Å². The number of nitrogens with zero attached hydrogens (tertiary/aromatic N) is 4. The molecule has 0 amide bonds. The SMILES string of the molecule is Cc1ncc(C2CCN(C)CC2(C)C)cc1Nc1ncc2c(n1)-c1ccc(C(F)(F)F)cc1NC(=S)C2. The summed E-state index contributed by atoms with van der Waals surface area (Å²) >= 11 is 5.36. The molecule has 1 fully saturated rings. The van der Waals surface area contributed by atoms with Gasteiger partial charge in [0.1, 0.15) is 0 Å². The predicted octanol–water partition coefficient (Wildman–Crippen LogP) is 6.35. The van der Waals surface area contributed by atoms with Gasteiger partial charge < -0.3 is 15.5 Å². The van der Waals surface area contributed by atoms with Gasteiger partial charge in [0, 0.05) is 42.2 Å². The maximum absolute atomic E-state index is 13.3. The lowest BCUT2D eigenvalue weighted by Crippen LogP contribution is -2.42. The van der Waals surface area contributed by atoms with E-state index >= 15 is 0 Å². The highest BCUT2D eigenvalue weighted by atomic mass is 32.1. The van der Waals surface area contributed by atoms with Crippen LogP contribution in [0.2, 0.25) is 0 Å². The monoisotopic (exact) mass is 526 g/mol. The Hall–Kier alpha value is -3.11. The first-order valence-electron chi connectivity index (χ1n) is 12.2. The molecule has 1 atom stereocenters. The topological polar surface area (TPSA) is 66.0 Å². The van der Waals surface area contributed by atoms with Gasteiger partial charge in [0.05, 0.1) is 27.6 Å². The Kier molecular flexibility index (Phi) is 6.44. The third-order valence-electron chi connectivity index (χ3n) is 7.27. The molecule has 2 aromatic heterocycles. The largest absolute Gasteiger partial charge is 0.416 e. The van der Waals surface area contributed by atoms with Gasteiger partial charge in [0.15, 0.2) is 0 Å². The van der Waals surface area contributed by atoms with Crippen LogP contribution in [0.25, 0.3) is 11.3 Å². The van der Waals surface area contributed by atoms with Crippen LogP contribution in [0.3, 0.4) is 0 Å². The van der Waals surface area contributed by atoms with Gasteiger partial charge in [-0.3, -0.25) is 4.98 Å². The van der Waals surface area contributed by atoms with Crippen molar-refractivity contribution in [1.82, 2.24) is 19.9 Å². The van der Waals surface area contributed by atoms with Crippen LogP contribution in [0, 0.1) is 12.3 Å². The van der Waals surface area contributed by atoms with E-state index in [2.05, 4.69) is 52.5 Å². The third-order valence-corrected chi connectivity index (χ3v) is 7.52. The molecule has 0 radical (unpaired) electrons. The number of alkyl halides is 3. The van der Waals surface area contributed by atoms with Crippen molar-refractivity contribution in [2.75, 3.05) is 30.8 Å². The zero-order chi connectivity index (χ0) is 26.5. The van der Waals surface area contributed by atoms with Crippen LogP contribution in [0.1, 0.15) is 48.6 Å². The average molecular weight is 527 g/mol. The molecule has 2 N–H and O–H groups in total. The number of anilines is 3. The summed E-state index contributed by atoms with van der Waals surface area (Å²) in [6.45, 7) is 8.54. The Morgan fingerprint density at radius 1 is 1.16 bits per heavy atom. The Morgan fingerprint density at radius 3 is 2.68 bits per heavy atom. The molecule has 1 aromatic carbocycles. The summed E-state index contributed by atoms with van der Waals surface area (Å²) in [5.74, 6) is 0.717. The van der Waals surface area contributed by atoms with E-state index in [-0.39, 0.29) is 11.1 Å². The number of fused-ring (bicyclic) bond motifs is 3. The molecule has 0 bridgehead atoms. The van der Waals surface area contributed by atoms with E-state index in [0.29, 0.717) is 34.5 Å². The number of hydrogen-bond acceptors (Lipinski definition) is 6. The minimum Gasteiger partial charge on any atom is -0.349 e. The second-order valence-corrected chi connectivity index (χ2v) is 11.1. The summed E-state index contributed by atoms with van der Waals surface area (Å²) in [7, 11) is 2.15. The summed E-state index contributed by atoms with van der Waals surface area (Å²) in [5.41, 5.74) is 4.27. The Bertz CT molecular complexity index is 1370. The first-order chi connectivity index (χ1) is 17.4. The van der Waals surface area contributed by atoms with E-state index in [4.69, 9.17) is 17.2 Å². The predicted molar refractivity (Wildman–Crippen MR) is 143 cm³/mol. The molecule has 2 aliphatic heterocycles. The first-order valence-corrected chi connectivity index (χ1v) is 12.6. The van der Waals surface area contributed by atoms with E-state index in [1.807, 2.05) is 13.1 Å². The van der Waals surface area contributed by atoms with Crippen molar-refractivity contribution >= 4 is 34.5 Å². The number of rotatable bonds is 3. The summed E-state index contributed by atoms with van der Waals surface area (Å²) in [6.07, 6.45) is 0.563. The number of aryl methyl sites for hydroxylation is 1. The molecule has 10 heteroatoms. The van der Waals surface area contributed by atoms with Gasteiger partial charge in [-0.2, -0.15) is 13.2 Å². The van der Waals surface area contributed by atoms with Crippen molar-refractivity contribution in [3.05, 3.63) is 59.0 Å². The molecule has 3 aromatic rings. The van der Waals surface area contributed by atoms with Crippen LogP contribution >= 0.6 is 12.2 Å². The number of hydrogen-bond donors (Lipinski definition) is 2. The van der Waals surface area contributed by atoms with E-state index in [1.54, 1.807) is 6.20 Å². The van der Waals surface area contributed by atoms with Crippen molar-refractivity contribution in [3.63, 3.8) is 0 Å². The van der Waals surface area contributed by atoms with Gasteiger partial charge in [0.25, 0.3) is 0 Å². The van der Waals surface area contributed by atoms with Gasteiger partial charge in [-0.15, -0.1) is 0 Å². The van der Waals surface area contributed by atoms with E-state index < -0.39 is 11.7 Å². The van der Waals surface area contributed by atoms with Gasteiger partial charge in [-0.25, -0.2) is 9.97 Å². The smallest absolute Gasteiger partial charge is 0.349 e. The lowest BCUT2D eigenvalue weighted by atomic mass is 9.71. The molecule has 194 valence electrons. The van der Waals surface area contributed by atoms with Crippen LogP contribution in [-0.4, -0.2) is 45.0 Å². The lowest BCUT2D eigenvalue weighted by Gasteiger charge is -2.43. The Labute approximate surface area is 219 Å². The second kappa shape index (κ2) is 9.33. The van der Waals surface area contributed by atoms with Crippen LogP contribution in [0.15, 0.2) is 36.7 Å². The van der Waals surface area contributed by atoms with Gasteiger partial charge in [0.2, 0.25) is 5.95 Å². The number of thiocarbonyl (C=S) groups is 1. The summed E-state index contributed by atoms with van der Waals surface area (Å²) < 4.78 is 40.0. The number of nitrogens with one attached hydrogen (secondary N) is 2. The minimum atomic E-state index is -4.45. The highest BCUT2D eigenvalue weighted by Gasteiger charge is 2.36. The van der Waals surface area contributed by atoms with Crippen LogP contribution in [0.5, 0.6) is 0 Å². The standard InChI is InChI=1S/C27H29F3N6S/c1-15-21(9-16(12-31-15)20-7-8-36(4)14-26(20,2)3)34-25-32-13-17-10-23(37)33-22-11-18(27(28,29)30)5-6-19(22)24(17)35-25/h5-6,9,11-13,20H,7-8,10,14H2,1-4H3,(H,33,37)(H,32,34,35). The zero-order valence-electron chi connectivity index (χ0n) is 21.2. The maximum Gasteiger partial charge on any atom is 0.416 e. The highest BCUT2D eigenvalue weighted by molar-refractivity contribution is 7.80. The van der Waals surface area contributed by atoms with Gasteiger partial charge in [-0.1, -0.05) is 32.1 Å². The molecule has 0 saturated carbocycles. The fraction of sp³-hybridized carbons (Fsp3) is 0.407. The zero-order valence-corrected chi connectivity index (χ0v) is 22.0. The molecule has 5 rings (SSSR count). The van der Waals surface area contributed by atoms with Crippen LogP contribution in [-0.2, 0) is 12.6 Å². The summed E-state index contributed by atoms with van der Waals surface area (Å²) in [4.78, 5) is 16.6. The highest BCUT2D eigenvalue weighted by Crippen LogP contribution is 2.43. The second-order valence-electron chi connectivity index (χ2n) is 10.6. The molecule has 0 aliphatic carbocycles. The molecule has 6 nitrogen and oxygen atoms in total. The average Bonchev–Trinajstić information content (AvgIpc) is 2.94. The van der Waals surface area contributed by atoms with Crippen LogP contribution < -0.4 is 10.6 Å². The Balaban J connectivity index is 1.50. The van der Waals surface area contributed by atoms with Crippen molar-refractivity contribution in [2.45, 2.75) is 45.7 Å². The fourth-order valence-corrected chi connectivity index (χ4v) is 5.72. The van der Waals surface area contributed by atoms with E-state index in [1.165, 1.54) is 11.6 Å². The molecule has 37 heavy (non-hydrogen) atoms. The molecule has 1 unspecified atom stereocenters. The third kappa shape index (κ3) is 5.17. The van der Waals surface area contributed by atoms with Gasteiger partial charge in [-0.05, 0) is 62.0 Å². The van der Waals surface area contributed by atoms with Crippen LogP contribution in [0.4, 0.5) is 30.5 Å². The number of piperidine rings is 1. The van der Waals surface area contributed by atoms with E-state index in [0.717, 1.165) is 48.6 Å². The molecule has 4 heterocycles. The Morgan fingerprint density at radius 2 is 1.95 bits per heavy atom. The molecular weight excluding hydrogens is 497 g/mol. The maximum atomic E-state index is 13.3. The quantitative estimate of drug-likeness (QED) is 0.386. The fourth-order valence-electron chi connectivity index (χ4n) is 5.46. The molecule has 1 saturated heterocycles. The van der Waals surface area contributed by atoms with Crippen molar-refractivity contribution < 1.29 is 13.2 Å². The molecular formula is C27H29F3N6S. The summed E-state index contributed by atoms with van der Waals surface area (Å²) in [6, 6.07) is 5.70. The van der Waals surface area contributed by atoms with E-state index in [9.17, 15) is 13.2 Å². The molecule has 0 spiro atoms. The molecule has 2 aliphatic rings. The lowest BCUT2D eigenvalue weighted by molar-refractivity contribution is -0.137. The number of likely N-dealkylation sites (tertiary alicyclic amines) is 1. The number of benzene rings is 1. The minimum absolute atomic E-state index is 0.103. The number of halogens is 3. The number of pyridine rings is 1. The van der Waals surface area contributed by atoms with Gasteiger partial charge >= 0.3 is 6.18 Å². The normalized spacial score (nSPS) is 19.4. The number of aromatic nitrogens is 3. The van der Waals surface area contributed by atoms with Crippen molar-refractivity contribution in [1.29, 1.82) is 0 Å². The summed E-state index contributed by atoms with van der Waals surface area (Å²) in [5, 5.41) is 6.25. The first kappa shape index (κ1) is 25.5. The van der Waals surface area contributed by atoms with Crippen molar-refractivity contribution in [3.8, 4) is 11.3 Å².